The van der Waals surface area contributed by atoms with Crippen molar-refractivity contribution in [2.45, 2.75) is 27.2 Å². The van der Waals surface area contributed by atoms with Gasteiger partial charge in [-0.25, -0.2) is 9.69 Å². The first-order chi connectivity index (χ1) is 21.1. The summed E-state index contributed by atoms with van der Waals surface area (Å²) in [6.45, 7) is 6.10. The monoisotopic (exact) mass is 621 g/mol. The number of imide groups is 2. The zero-order valence-electron chi connectivity index (χ0n) is 24.7. The molecule has 11 nitrogen and oxygen atoms in total. The molecule has 3 aromatic carbocycles. The molecule has 2 N–H and O–H groups in total. The molecule has 0 aromatic heterocycles. The number of methoxy groups -OCH3 is 1. The summed E-state index contributed by atoms with van der Waals surface area (Å²) in [6.07, 6.45) is 2.06. The minimum atomic E-state index is -0.912. The van der Waals surface area contributed by atoms with Gasteiger partial charge in [-0.1, -0.05) is 30.7 Å². The van der Waals surface area contributed by atoms with Crippen molar-refractivity contribution in [1.82, 2.24) is 5.32 Å². The highest BCUT2D eigenvalue weighted by Crippen LogP contribution is 2.38. The summed E-state index contributed by atoms with van der Waals surface area (Å²) in [5.41, 5.74) is 1.78. The number of halogens is 1. The number of nitrogens with zero attached hydrogens (tertiary/aromatic N) is 1. The molecule has 230 valence electrons. The van der Waals surface area contributed by atoms with Crippen LogP contribution in [0.1, 0.15) is 31.4 Å². The van der Waals surface area contributed by atoms with E-state index < -0.39 is 23.8 Å². The van der Waals surface area contributed by atoms with Crippen LogP contribution in [0.25, 0.3) is 6.08 Å². The van der Waals surface area contributed by atoms with Crippen molar-refractivity contribution >= 4 is 52.8 Å². The first-order valence-corrected chi connectivity index (χ1v) is 14.2. The van der Waals surface area contributed by atoms with Crippen molar-refractivity contribution in [1.29, 1.82) is 0 Å². The van der Waals surface area contributed by atoms with Crippen LogP contribution in [-0.2, 0) is 14.4 Å². The van der Waals surface area contributed by atoms with Gasteiger partial charge in [-0.2, -0.15) is 0 Å². The Balaban J connectivity index is 1.57. The summed E-state index contributed by atoms with van der Waals surface area (Å²) < 4.78 is 22.4. The maximum Gasteiger partial charge on any atom is 0.335 e. The maximum absolute atomic E-state index is 13.5. The fourth-order valence-electron chi connectivity index (χ4n) is 4.31. The Kier molecular flexibility index (Phi) is 10.5. The summed E-state index contributed by atoms with van der Waals surface area (Å²) in [5, 5.41) is 5.01. The first kappa shape index (κ1) is 31.9. The van der Waals surface area contributed by atoms with E-state index >= 15 is 0 Å². The topological polar surface area (TPSA) is 132 Å². The predicted molar refractivity (Wildman–Crippen MR) is 166 cm³/mol. The molecule has 4 rings (SSSR count). The van der Waals surface area contributed by atoms with Crippen LogP contribution in [0.2, 0.25) is 5.02 Å². The molecule has 3 aromatic rings. The van der Waals surface area contributed by atoms with Crippen LogP contribution in [-0.4, -0.2) is 50.7 Å². The van der Waals surface area contributed by atoms with E-state index in [4.69, 9.17) is 30.5 Å². The first-order valence-electron chi connectivity index (χ1n) is 13.8. The molecule has 12 heteroatoms. The zero-order valence-corrected chi connectivity index (χ0v) is 25.4. The number of ether oxygens (including phenoxy) is 4. The summed E-state index contributed by atoms with van der Waals surface area (Å²) in [4.78, 5) is 52.3. The number of benzene rings is 3. The molecule has 0 saturated carbocycles. The molecule has 1 heterocycles. The highest BCUT2D eigenvalue weighted by atomic mass is 35.5. The average molecular weight is 622 g/mol. The fourth-order valence-corrected chi connectivity index (χ4v) is 4.59. The summed E-state index contributed by atoms with van der Waals surface area (Å²) in [6, 6.07) is 14.0. The number of carbonyl (C=O) groups is 4. The van der Waals surface area contributed by atoms with Gasteiger partial charge in [0.05, 0.1) is 31.0 Å². The van der Waals surface area contributed by atoms with E-state index in [2.05, 4.69) is 10.6 Å². The Labute approximate surface area is 259 Å². The molecule has 0 unspecified atom stereocenters. The number of hydrogen-bond donors (Lipinski definition) is 2. The number of hydrogen-bond acceptors (Lipinski definition) is 8. The lowest BCUT2D eigenvalue weighted by Gasteiger charge is -2.27. The number of urea groups is 1. The number of nitrogens with one attached hydrogen (secondary N) is 2. The Hall–Kier alpha value is -5.03. The van der Waals surface area contributed by atoms with Crippen molar-refractivity contribution < 1.29 is 38.1 Å². The largest absolute Gasteiger partial charge is 0.493 e. The molecule has 0 bridgehead atoms. The minimum absolute atomic E-state index is 0.0696. The molecule has 1 saturated heterocycles. The van der Waals surface area contributed by atoms with Crippen LogP contribution in [0.15, 0.2) is 60.2 Å². The van der Waals surface area contributed by atoms with E-state index in [1.54, 1.807) is 19.1 Å². The lowest BCUT2D eigenvalue weighted by Crippen LogP contribution is -2.54. The smallest absolute Gasteiger partial charge is 0.335 e. The quantitative estimate of drug-likeness (QED) is 0.199. The number of anilines is 2. The van der Waals surface area contributed by atoms with Gasteiger partial charge >= 0.3 is 6.03 Å². The van der Waals surface area contributed by atoms with E-state index in [1.807, 2.05) is 32.0 Å². The Morgan fingerprint density at radius 2 is 1.77 bits per heavy atom. The van der Waals surface area contributed by atoms with Gasteiger partial charge in [0.2, 0.25) is 0 Å². The molecule has 1 fully saturated rings. The molecule has 0 atom stereocenters. The van der Waals surface area contributed by atoms with Crippen molar-refractivity contribution in [2.75, 3.05) is 37.1 Å². The Bertz CT molecular complexity index is 1620. The Morgan fingerprint density at radius 1 is 0.977 bits per heavy atom. The van der Waals surface area contributed by atoms with Crippen LogP contribution >= 0.6 is 11.6 Å². The molecule has 0 radical (unpaired) electrons. The molecule has 0 spiro atoms. The van der Waals surface area contributed by atoms with E-state index in [9.17, 15) is 19.2 Å². The van der Waals surface area contributed by atoms with E-state index in [0.717, 1.165) is 16.9 Å². The fraction of sp³-hybridized carbons (Fsp3) is 0.250. The number of rotatable bonds is 12. The van der Waals surface area contributed by atoms with Crippen molar-refractivity contribution in [2.24, 2.45) is 0 Å². The van der Waals surface area contributed by atoms with Gasteiger partial charge < -0.3 is 24.3 Å². The van der Waals surface area contributed by atoms with Gasteiger partial charge in [0.15, 0.2) is 29.6 Å². The van der Waals surface area contributed by atoms with Crippen LogP contribution in [0.4, 0.5) is 16.2 Å². The molecular formula is C32H32ClN3O8. The molecule has 5 amide bonds. The Morgan fingerprint density at radius 3 is 2.48 bits per heavy atom. The average Bonchev–Trinajstić information content (AvgIpc) is 2.98. The third-order valence-electron chi connectivity index (χ3n) is 6.26. The highest BCUT2D eigenvalue weighted by Gasteiger charge is 2.37. The number of amides is 5. The molecule has 44 heavy (non-hydrogen) atoms. The molecular weight excluding hydrogens is 590 g/mol. The lowest BCUT2D eigenvalue weighted by molar-refractivity contribution is -0.122. The third-order valence-corrected chi connectivity index (χ3v) is 6.54. The second kappa shape index (κ2) is 14.4. The second-order valence-corrected chi connectivity index (χ2v) is 10.0. The van der Waals surface area contributed by atoms with Gasteiger partial charge in [0, 0.05) is 11.8 Å². The van der Waals surface area contributed by atoms with Crippen molar-refractivity contribution in [3.63, 3.8) is 0 Å². The van der Waals surface area contributed by atoms with Crippen molar-refractivity contribution in [3.05, 3.63) is 76.3 Å². The van der Waals surface area contributed by atoms with E-state index in [1.165, 1.54) is 37.5 Å². The van der Waals surface area contributed by atoms with Crippen LogP contribution in [0, 0.1) is 6.92 Å². The van der Waals surface area contributed by atoms with Gasteiger partial charge in [0.1, 0.15) is 5.57 Å². The van der Waals surface area contributed by atoms with Crippen LogP contribution in [0.5, 0.6) is 23.0 Å². The zero-order chi connectivity index (χ0) is 31.8. The molecule has 1 aliphatic heterocycles. The summed E-state index contributed by atoms with van der Waals surface area (Å²) >= 11 is 6.47. The van der Waals surface area contributed by atoms with Gasteiger partial charge in [-0.15, -0.1) is 0 Å². The molecule has 0 aliphatic carbocycles. The number of barbiturate groups is 1. The van der Waals surface area contributed by atoms with E-state index in [0.29, 0.717) is 36.0 Å². The van der Waals surface area contributed by atoms with Crippen LogP contribution in [0.3, 0.4) is 0 Å². The third kappa shape index (κ3) is 7.48. The minimum Gasteiger partial charge on any atom is -0.493 e. The SMILES string of the molecule is CCCOc1ccc(N2C(=O)NC(=O)/C(=C\c3cc(Cl)c(OCC(=O)Nc4cccc(C)c4)c(OC)c3)C2=O)cc1OCC. The number of carbonyl (C=O) groups excluding carboxylic acids is 4. The van der Waals surface area contributed by atoms with E-state index in [-0.39, 0.29) is 34.4 Å². The van der Waals surface area contributed by atoms with Crippen molar-refractivity contribution in [3.8, 4) is 23.0 Å². The van der Waals surface area contributed by atoms with Crippen LogP contribution < -0.4 is 34.5 Å². The van der Waals surface area contributed by atoms with Gasteiger partial charge in [-0.3, -0.25) is 19.7 Å². The van der Waals surface area contributed by atoms with Gasteiger partial charge in [-0.05, 0) is 73.9 Å². The van der Waals surface area contributed by atoms with Gasteiger partial charge in [0.25, 0.3) is 17.7 Å². The standard InChI is InChI=1S/C32H32ClN3O8/c1-5-12-43-25-11-10-22(17-26(25)42-6-2)36-31(39)23(30(38)35-32(36)40)14-20-15-24(33)29(27(16-20)41-4)44-18-28(37)34-21-9-7-8-19(3)13-21/h7-11,13-17H,5-6,12,18H2,1-4H3,(H,34,37)(H,35,38,40)/b23-14+. The predicted octanol–water partition coefficient (Wildman–Crippen LogP) is 5.53. The number of aryl methyl sites for hydroxylation is 1. The normalized spacial score (nSPS) is 13.9. The lowest BCUT2D eigenvalue weighted by atomic mass is 10.1. The summed E-state index contributed by atoms with van der Waals surface area (Å²) in [5.74, 6) is -1.08. The second-order valence-electron chi connectivity index (χ2n) is 9.61. The maximum atomic E-state index is 13.5. The summed E-state index contributed by atoms with van der Waals surface area (Å²) in [7, 11) is 1.38. The molecule has 1 aliphatic rings. The highest BCUT2D eigenvalue weighted by molar-refractivity contribution is 6.39.